The molecule has 23 heavy (non-hydrogen) atoms. The maximum Gasteiger partial charge on any atom is 0.337 e. The van der Waals surface area contributed by atoms with E-state index in [1.807, 2.05) is 12.1 Å². The Kier molecular flexibility index (Phi) is 4.67. The fourth-order valence-corrected chi connectivity index (χ4v) is 3.08. The molecule has 0 aliphatic carbocycles. The van der Waals surface area contributed by atoms with Crippen molar-refractivity contribution < 1.29 is 14.3 Å². The van der Waals surface area contributed by atoms with Crippen LogP contribution < -0.4 is 0 Å². The normalized spacial score (nSPS) is 18.7. The van der Waals surface area contributed by atoms with Crippen LogP contribution in [0.1, 0.15) is 40.4 Å². The number of nitrogens with zero attached hydrogens (tertiary/aromatic N) is 2. The lowest BCUT2D eigenvalue weighted by Gasteiger charge is -2.32. The molecule has 0 spiro atoms. The molecule has 5 heteroatoms. The zero-order chi connectivity index (χ0) is 16.2. The molecule has 2 aromatic rings. The van der Waals surface area contributed by atoms with Crippen molar-refractivity contribution in [3.05, 3.63) is 65.2 Å². The van der Waals surface area contributed by atoms with E-state index < -0.39 is 5.97 Å². The standard InChI is InChI=1S/C18H19FN2O2/c19-16-6-2-1-4-14(16)11-21-9-3-5-15(12-21)17-8-7-13(10-20-17)18(22)23/h1-2,4,6-8,10,15H,3,5,9,11-12H2,(H,22,23)/t15-/m0/s1. The summed E-state index contributed by atoms with van der Waals surface area (Å²) < 4.78 is 13.8. The van der Waals surface area contributed by atoms with Gasteiger partial charge in [-0.2, -0.15) is 0 Å². The average Bonchev–Trinajstić information content (AvgIpc) is 2.57. The zero-order valence-electron chi connectivity index (χ0n) is 12.8. The highest BCUT2D eigenvalue weighted by atomic mass is 19.1. The van der Waals surface area contributed by atoms with Gasteiger partial charge in [-0.1, -0.05) is 18.2 Å². The number of halogens is 1. The summed E-state index contributed by atoms with van der Waals surface area (Å²) in [6, 6.07) is 10.3. The van der Waals surface area contributed by atoms with Crippen LogP contribution in [-0.2, 0) is 6.54 Å². The fourth-order valence-electron chi connectivity index (χ4n) is 3.08. The lowest BCUT2D eigenvalue weighted by atomic mass is 9.93. The van der Waals surface area contributed by atoms with Gasteiger partial charge in [0.1, 0.15) is 5.82 Å². The molecule has 0 bridgehead atoms. The van der Waals surface area contributed by atoms with Gasteiger partial charge < -0.3 is 5.11 Å². The molecule has 1 saturated heterocycles. The SMILES string of the molecule is O=C(O)c1ccc([C@H]2CCCN(Cc3ccccc3F)C2)nc1. The fraction of sp³-hybridized carbons (Fsp3) is 0.333. The van der Waals surface area contributed by atoms with Crippen molar-refractivity contribution in [1.29, 1.82) is 0 Å². The first-order valence-electron chi connectivity index (χ1n) is 7.78. The third-order valence-electron chi connectivity index (χ3n) is 4.31. The maximum atomic E-state index is 13.8. The minimum absolute atomic E-state index is 0.168. The Balaban J connectivity index is 1.68. The highest BCUT2D eigenvalue weighted by Gasteiger charge is 2.23. The molecule has 4 nitrogen and oxygen atoms in total. The van der Waals surface area contributed by atoms with E-state index in [4.69, 9.17) is 5.11 Å². The van der Waals surface area contributed by atoms with Crippen molar-refractivity contribution in [3.63, 3.8) is 0 Å². The Morgan fingerprint density at radius 1 is 1.30 bits per heavy atom. The Morgan fingerprint density at radius 2 is 2.13 bits per heavy atom. The number of aromatic nitrogens is 1. The Morgan fingerprint density at radius 3 is 2.83 bits per heavy atom. The van der Waals surface area contributed by atoms with Crippen LogP contribution in [0.4, 0.5) is 4.39 Å². The first kappa shape index (κ1) is 15.6. The Labute approximate surface area is 134 Å². The van der Waals surface area contributed by atoms with Crippen molar-refractivity contribution in [2.24, 2.45) is 0 Å². The van der Waals surface area contributed by atoms with Crippen LogP contribution in [0.3, 0.4) is 0 Å². The summed E-state index contributed by atoms with van der Waals surface area (Å²) in [5.74, 6) is -0.870. The number of aromatic carboxylic acids is 1. The molecule has 1 aliphatic rings. The van der Waals surface area contributed by atoms with E-state index in [9.17, 15) is 9.18 Å². The van der Waals surface area contributed by atoms with Crippen LogP contribution in [0.5, 0.6) is 0 Å². The molecule has 0 saturated carbocycles. The predicted molar refractivity (Wildman–Crippen MR) is 84.8 cm³/mol. The van der Waals surface area contributed by atoms with Gasteiger partial charge in [0.2, 0.25) is 0 Å². The van der Waals surface area contributed by atoms with Gasteiger partial charge >= 0.3 is 5.97 Å². The number of piperidine rings is 1. The van der Waals surface area contributed by atoms with E-state index >= 15 is 0 Å². The summed E-state index contributed by atoms with van der Waals surface area (Å²) in [6.45, 7) is 2.35. The van der Waals surface area contributed by atoms with Gasteiger partial charge in [-0.05, 0) is 37.6 Å². The van der Waals surface area contributed by atoms with E-state index in [2.05, 4.69) is 9.88 Å². The molecular formula is C18H19FN2O2. The highest BCUT2D eigenvalue weighted by molar-refractivity contribution is 5.87. The number of carboxylic acids is 1. The summed E-state index contributed by atoms with van der Waals surface area (Å²) in [5, 5.41) is 8.93. The number of likely N-dealkylation sites (tertiary alicyclic amines) is 1. The second-order valence-electron chi connectivity index (χ2n) is 5.94. The summed E-state index contributed by atoms with van der Waals surface area (Å²) in [6.07, 6.45) is 3.46. The number of carbonyl (C=O) groups is 1. The number of rotatable bonds is 4. The topological polar surface area (TPSA) is 53.4 Å². The zero-order valence-corrected chi connectivity index (χ0v) is 12.8. The van der Waals surface area contributed by atoms with Crippen molar-refractivity contribution in [2.45, 2.75) is 25.3 Å². The molecular weight excluding hydrogens is 295 g/mol. The second-order valence-corrected chi connectivity index (χ2v) is 5.94. The third-order valence-corrected chi connectivity index (χ3v) is 4.31. The van der Waals surface area contributed by atoms with Crippen LogP contribution in [0, 0.1) is 5.82 Å². The molecule has 0 unspecified atom stereocenters. The van der Waals surface area contributed by atoms with Gasteiger partial charge in [0.15, 0.2) is 0 Å². The van der Waals surface area contributed by atoms with Crippen LogP contribution in [0.2, 0.25) is 0 Å². The van der Waals surface area contributed by atoms with Crippen LogP contribution in [-0.4, -0.2) is 34.0 Å². The minimum Gasteiger partial charge on any atom is -0.478 e. The number of hydrogen-bond acceptors (Lipinski definition) is 3. The Bertz CT molecular complexity index is 688. The molecule has 3 rings (SSSR count). The third kappa shape index (κ3) is 3.74. The average molecular weight is 314 g/mol. The summed E-state index contributed by atoms with van der Waals surface area (Å²) >= 11 is 0. The van der Waals surface area contributed by atoms with Crippen molar-refractivity contribution in [2.75, 3.05) is 13.1 Å². The van der Waals surface area contributed by atoms with Crippen LogP contribution in [0.25, 0.3) is 0 Å². The second kappa shape index (κ2) is 6.87. The minimum atomic E-state index is -0.964. The smallest absolute Gasteiger partial charge is 0.337 e. The number of hydrogen-bond donors (Lipinski definition) is 1. The molecule has 120 valence electrons. The van der Waals surface area contributed by atoms with Gasteiger partial charge in [-0.25, -0.2) is 9.18 Å². The van der Waals surface area contributed by atoms with Crippen molar-refractivity contribution >= 4 is 5.97 Å². The molecule has 0 amide bonds. The molecule has 1 aromatic heterocycles. The molecule has 0 radical (unpaired) electrons. The quantitative estimate of drug-likeness (QED) is 0.941. The van der Waals surface area contributed by atoms with E-state index in [0.717, 1.165) is 31.6 Å². The first-order valence-corrected chi connectivity index (χ1v) is 7.78. The van der Waals surface area contributed by atoms with Gasteiger partial charge in [-0.15, -0.1) is 0 Å². The molecule has 1 N–H and O–H groups in total. The maximum absolute atomic E-state index is 13.8. The van der Waals surface area contributed by atoms with Crippen molar-refractivity contribution in [1.82, 2.24) is 9.88 Å². The van der Waals surface area contributed by atoms with Gasteiger partial charge in [-0.3, -0.25) is 9.88 Å². The lowest BCUT2D eigenvalue weighted by Crippen LogP contribution is -2.34. The Hall–Kier alpha value is -2.27. The van der Waals surface area contributed by atoms with E-state index in [-0.39, 0.29) is 17.3 Å². The lowest BCUT2D eigenvalue weighted by molar-refractivity contribution is 0.0696. The van der Waals surface area contributed by atoms with Gasteiger partial charge in [0, 0.05) is 36.5 Å². The monoisotopic (exact) mass is 314 g/mol. The molecule has 2 heterocycles. The van der Waals surface area contributed by atoms with E-state index in [1.54, 1.807) is 18.2 Å². The summed E-state index contributed by atoms with van der Waals surface area (Å²) in [5.41, 5.74) is 1.82. The summed E-state index contributed by atoms with van der Waals surface area (Å²) in [4.78, 5) is 17.4. The molecule has 1 aromatic carbocycles. The van der Waals surface area contributed by atoms with Gasteiger partial charge in [0.05, 0.1) is 5.56 Å². The summed E-state index contributed by atoms with van der Waals surface area (Å²) in [7, 11) is 0. The van der Waals surface area contributed by atoms with E-state index in [0.29, 0.717) is 12.1 Å². The molecule has 1 fully saturated rings. The number of pyridine rings is 1. The molecule has 1 aliphatic heterocycles. The first-order chi connectivity index (χ1) is 11.1. The van der Waals surface area contributed by atoms with E-state index in [1.165, 1.54) is 12.3 Å². The van der Waals surface area contributed by atoms with Crippen molar-refractivity contribution in [3.8, 4) is 0 Å². The highest BCUT2D eigenvalue weighted by Crippen LogP contribution is 2.27. The van der Waals surface area contributed by atoms with Crippen LogP contribution in [0.15, 0.2) is 42.6 Å². The number of benzene rings is 1. The molecule has 1 atom stereocenters. The predicted octanol–water partition coefficient (Wildman–Crippen LogP) is 3.30. The van der Waals surface area contributed by atoms with Crippen LogP contribution >= 0.6 is 0 Å². The number of carboxylic acid groups (broad SMARTS) is 1. The van der Waals surface area contributed by atoms with Gasteiger partial charge in [0.25, 0.3) is 0 Å². The largest absolute Gasteiger partial charge is 0.478 e.